The van der Waals surface area contributed by atoms with Crippen molar-refractivity contribution >= 4 is 0 Å². The number of benzene rings is 1. The van der Waals surface area contributed by atoms with E-state index in [-0.39, 0.29) is 6.04 Å². The Balaban J connectivity index is 2.66. The predicted octanol–water partition coefficient (Wildman–Crippen LogP) is 4.97. The lowest BCUT2D eigenvalue weighted by Crippen LogP contribution is -2.32. The molecule has 0 aliphatic carbocycles. The van der Waals surface area contributed by atoms with E-state index in [1.807, 2.05) is 6.92 Å². The first-order chi connectivity index (χ1) is 9.08. The van der Waals surface area contributed by atoms with Crippen LogP contribution in [0.1, 0.15) is 64.5 Å². The molecule has 0 heterocycles. The van der Waals surface area contributed by atoms with Crippen molar-refractivity contribution < 1.29 is 8.78 Å². The molecule has 0 fully saturated rings. The van der Waals surface area contributed by atoms with E-state index in [0.29, 0.717) is 11.6 Å². The molecule has 0 saturated carbocycles. The van der Waals surface area contributed by atoms with Crippen LogP contribution in [0.4, 0.5) is 8.78 Å². The molecule has 0 spiro atoms. The average molecular weight is 269 g/mol. The maximum atomic E-state index is 13.7. The molecule has 1 N–H and O–H groups in total. The van der Waals surface area contributed by atoms with Crippen molar-refractivity contribution in [3.05, 3.63) is 35.4 Å². The molecule has 0 aromatic heterocycles. The van der Waals surface area contributed by atoms with Gasteiger partial charge in [-0.2, -0.15) is 0 Å². The van der Waals surface area contributed by atoms with Crippen LogP contribution in [-0.2, 0) is 0 Å². The molecular weight excluding hydrogens is 244 g/mol. The summed E-state index contributed by atoms with van der Waals surface area (Å²) >= 11 is 0. The zero-order valence-electron chi connectivity index (χ0n) is 12.2. The number of halogens is 2. The third-order valence-corrected chi connectivity index (χ3v) is 3.46. The smallest absolute Gasteiger partial charge is 0.130 e. The van der Waals surface area contributed by atoms with Crippen LogP contribution < -0.4 is 5.32 Å². The predicted molar refractivity (Wildman–Crippen MR) is 76.1 cm³/mol. The molecule has 19 heavy (non-hydrogen) atoms. The Hall–Kier alpha value is -0.960. The summed E-state index contributed by atoms with van der Waals surface area (Å²) in [6.07, 6.45) is 5.65. The quantitative estimate of drug-likeness (QED) is 0.702. The molecule has 0 aliphatic heterocycles. The summed E-state index contributed by atoms with van der Waals surface area (Å²) in [6, 6.07) is 4.12. The van der Waals surface area contributed by atoms with Gasteiger partial charge in [0.15, 0.2) is 0 Å². The van der Waals surface area contributed by atoms with Crippen LogP contribution >= 0.6 is 0 Å². The van der Waals surface area contributed by atoms with Crippen LogP contribution in [0.5, 0.6) is 0 Å². The van der Waals surface area contributed by atoms with Crippen molar-refractivity contribution in [2.45, 2.75) is 65.0 Å². The first-order valence-corrected chi connectivity index (χ1v) is 7.29. The highest BCUT2D eigenvalue weighted by molar-refractivity contribution is 5.21. The molecule has 1 rings (SSSR count). The van der Waals surface area contributed by atoms with E-state index in [0.717, 1.165) is 25.3 Å². The van der Waals surface area contributed by atoms with Gasteiger partial charge < -0.3 is 5.32 Å². The first kappa shape index (κ1) is 16.1. The summed E-state index contributed by atoms with van der Waals surface area (Å²) in [5.41, 5.74) is 0.541. The van der Waals surface area contributed by atoms with Gasteiger partial charge in [-0.25, -0.2) is 8.78 Å². The Morgan fingerprint density at radius 2 is 1.84 bits per heavy atom. The molecule has 0 radical (unpaired) electrons. The molecule has 2 atom stereocenters. The third kappa shape index (κ3) is 5.27. The van der Waals surface area contributed by atoms with E-state index in [1.54, 1.807) is 0 Å². The monoisotopic (exact) mass is 269 g/mol. The maximum absolute atomic E-state index is 13.7. The van der Waals surface area contributed by atoms with Gasteiger partial charge >= 0.3 is 0 Å². The summed E-state index contributed by atoms with van der Waals surface area (Å²) in [7, 11) is 0. The molecule has 108 valence electrons. The normalized spacial score (nSPS) is 14.4. The second-order valence-electron chi connectivity index (χ2n) is 5.18. The van der Waals surface area contributed by atoms with Gasteiger partial charge in [-0.1, -0.05) is 39.2 Å². The molecule has 3 heteroatoms. The second kappa shape index (κ2) is 8.26. The second-order valence-corrected chi connectivity index (χ2v) is 5.18. The zero-order chi connectivity index (χ0) is 14.3. The molecule has 0 aliphatic rings. The van der Waals surface area contributed by atoms with E-state index in [2.05, 4.69) is 19.2 Å². The summed E-state index contributed by atoms with van der Waals surface area (Å²) in [5, 5.41) is 3.47. The summed E-state index contributed by atoms with van der Waals surface area (Å²) in [6.45, 7) is 6.26. The Morgan fingerprint density at radius 1 is 1.11 bits per heavy atom. The van der Waals surface area contributed by atoms with Gasteiger partial charge in [-0.05, 0) is 25.8 Å². The lowest BCUT2D eigenvalue weighted by molar-refractivity contribution is 0.389. The fourth-order valence-corrected chi connectivity index (χ4v) is 2.41. The minimum atomic E-state index is -0.524. The van der Waals surface area contributed by atoms with Crippen molar-refractivity contribution in [3.63, 3.8) is 0 Å². The Kier molecular flexibility index (Phi) is 7.00. The highest BCUT2D eigenvalue weighted by Crippen LogP contribution is 2.20. The summed E-state index contributed by atoms with van der Waals surface area (Å²) in [4.78, 5) is 0. The molecule has 2 unspecified atom stereocenters. The molecule has 0 saturated heterocycles. The van der Waals surface area contributed by atoms with Crippen LogP contribution in [0.2, 0.25) is 0 Å². The van der Waals surface area contributed by atoms with Gasteiger partial charge in [0.1, 0.15) is 11.6 Å². The van der Waals surface area contributed by atoms with Gasteiger partial charge in [0.05, 0.1) is 0 Å². The third-order valence-electron chi connectivity index (χ3n) is 3.46. The molecule has 1 aromatic carbocycles. The Labute approximate surface area is 115 Å². The van der Waals surface area contributed by atoms with E-state index in [1.165, 1.54) is 25.0 Å². The maximum Gasteiger partial charge on any atom is 0.130 e. The summed E-state index contributed by atoms with van der Waals surface area (Å²) in [5.74, 6) is -0.990. The van der Waals surface area contributed by atoms with Crippen molar-refractivity contribution in [3.8, 4) is 0 Å². The highest BCUT2D eigenvalue weighted by atomic mass is 19.1. The van der Waals surface area contributed by atoms with Gasteiger partial charge in [-0.15, -0.1) is 0 Å². The van der Waals surface area contributed by atoms with Crippen LogP contribution in [0.25, 0.3) is 0 Å². The zero-order valence-corrected chi connectivity index (χ0v) is 12.2. The van der Waals surface area contributed by atoms with Crippen molar-refractivity contribution in [2.75, 3.05) is 0 Å². The number of unbranched alkanes of at least 4 members (excludes halogenated alkanes) is 1. The van der Waals surface area contributed by atoms with Crippen molar-refractivity contribution in [1.82, 2.24) is 5.32 Å². The standard InChI is InChI=1S/C16H25F2N/c1-4-6-8-14(7-5-2)19-12(3)15-10-9-13(17)11-16(15)18/h9-12,14,19H,4-8H2,1-3H3. The fourth-order valence-electron chi connectivity index (χ4n) is 2.41. The van der Waals surface area contributed by atoms with Crippen LogP contribution in [0.15, 0.2) is 18.2 Å². The van der Waals surface area contributed by atoms with Gasteiger partial charge in [-0.3, -0.25) is 0 Å². The minimum absolute atomic E-state index is 0.0889. The van der Waals surface area contributed by atoms with Crippen LogP contribution in [0.3, 0.4) is 0 Å². The topological polar surface area (TPSA) is 12.0 Å². The van der Waals surface area contributed by atoms with Gasteiger partial charge in [0.2, 0.25) is 0 Å². The molecule has 0 amide bonds. The van der Waals surface area contributed by atoms with Gasteiger partial charge in [0, 0.05) is 23.7 Å². The van der Waals surface area contributed by atoms with E-state index < -0.39 is 11.6 Å². The van der Waals surface area contributed by atoms with E-state index in [9.17, 15) is 8.78 Å². The van der Waals surface area contributed by atoms with Gasteiger partial charge in [0.25, 0.3) is 0 Å². The molecular formula is C16H25F2N. The highest BCUT2D eigenvalue weighted by Gasteiger charge is 2.15. The van der Waals surface area contributed by atoms with E-state index in [4.69, 9.17) is 0 Å². The fraction of sp³-hybridized carbons (Fsp3) is 0.625. The van der Waals surface area contributed by atoms with E-state index >= 15 is 0 Å². The lowest BCUT2D eigenvalue weighted by Gasteiger charge is -2.23. The molecule has 0 bridgehead atoms. The number of hydrogen-bond donors (Lipinski definition) is 1. The first-order valence-electron chi connectivity index (χ1n) is 7.29. The Morgan fingerprint density at radius 3 is 2.42 bits per heavy atom. The number of hydrogen-bond acceptors (Lipinski definition) is 1. The average Bonchev–Trinajstić information content (AvgIpc) is 2.36. The molecule has 1 aromatic rings. The number of rotatable bonds is 8. The SMILES string of the molecule is CCCCC(CCC)NC(C)c1ccc(F)cc1F. The number of nitrogens with one attached hydrogen (secondary N) is 1. The minimum Gasteiger partial charge on any atom is -0.307 e. The van der Waals surface area contributed by atoms with Crippen molar-refractivity contribution in [1.29, 1.82) is 0 Å². The van der Waals surface area contributed by atoms with Crippen LogP contribution in [0, 0.1) is 11.6 Å². The van der Waals surface area contributed by atoms with Crippen LogP contribution in [-0.4, -0.2) is 6.04 Å². The summed E-state index contributed by atoms with van der Waals surface area (Å²) < 4.78 is 26.6. The lowest BCUT2D eigenvalue weighted by atomic mass is 10.0. The Bertz CT molecular complexity index is 379. The van der Waals surface area contributed by atoms with Crippen molar-refractivity contribution in [2.24, 2.45) is 0 Å². The molecule has 1 nitrogen and oxygen atoms in total. The largest absolute Gasteiger partial charge is 0.307 e.